The van der Waals surface area contributed by atoms with Crippen LogP contribution in [0, 0.1) is 11.8 Å². The van der Waals surface area contributed by atoms with Gasteiger partial charge in [0.05, 0.1) is 0 Å². The molecule has 0 aromatic heterocycles. The summed E-state index contributed by atoms with van der Waals surface area (Å²) in [6.45, 7) is 12.9. The molecule has 1 saturated carbocycles. The Hall–Kier alpha value is 0.430. The zero-order valence-electron chi connectivity index (χ0n) is 9.72. The summed E-state index contributed by atoms with van der Waals surface area (Å²) in [6, 6.07) is 0. The summed E-state index contributed by atoms with van der Waals surface area (Å²) in [6.07, 6.45) is 2.74. The van der Waals surface area contributed by atoms with Crippen LogP contribution in [0.2, 0.25) is 0 Å². The third-order valence-corrected chi connectivity index (χ3v) is 2.92. The lowest BCUT2D eigenvalue weighted by molar-refractivity contribution is 0.626. The maximum atomic E-state index is 2.81. The molecule has 0 aliphatic heterocycles. The molecule has 0 aromatic rings. The lowest BCUT2D eigenvalue weighted by Gasteiger charge is -1.90. The fraction of sp³-hybridized carbons (Fsp3) is 1.00. The third kappa shape index (κ3) is 13.1. The Morgan fingerprint density at radius 3 is 1.50 bits per heavy atom. The molecule has 0 bridgehead atoms. The molecule has 0 radical (unpaired) electrons. The van der Waals surface area contributed by atoms with Gasteiger partial charge in [-0.15, -0.1) is 9.24 Å². The summed E-state index contributed by atoms with van der Waals surface area (Å²) in [5.74, 6) is 1.90. The van der Waals surface area contributed by atoms with E-state index < -0.39 is 0 Å². The van der Waals surface area contributed by atoms with Gasteiger partial charge in [0.2, 0.25) is 0 Å². The number of rotatable bonds is 1. The molecule has 1 rings (SSSR count). The van der Waals surface area contributed by atoms with Gasteiger partial charge in [0, 0.05) is 0 Å². The van der Waals surface area contributed by atoms with Crippen molar-refractivity contribution < 1.29 is 0 Å². The summed E-state index contributed by atoms with van der Waals surface area (Å²) in [7, 11) is 2.81. The van der Waals surface area contributed by atoms with E-state index in [1.54, 1.807) is 0 Å². The Labute approximate surface area is 81.7 Å². The second-order valence-corrected chi connectivity index (χ2v) is 4.54. The standard InChI is InChI=1S/C5H12.C4H9P.C2H6/c1-4-5(2)3;1-3-2-4(3)5;1-2/h5H,4H2,1-3H3;3-4H,2,5H2,1H3;1-2H3. The molecule has 0 saturated heterocycles. The lowest BCUT2D eigenvalue weighted by atomic mass is 10.2. The van der Waals surface area contributed by atoms with Gasteiger partial charge in [-0.3, -0.25) is 0 Å². The molecule has 3 atom stereocenters. The molecule has 0 heterocycles. The molecule has 0 N–H and O–H groups in total. The van der Waals surface area contributed by atoms with Crippen molar-refractivity contribution in [3.05, 3.63) is 0 Å². The first kappa shape index (κ1) is 14.9. The highest BCUT2D eigenvalue weighted by Crippen LogP contribution is 2.36. The van der Waals surface area contributed by atoms with Crippen molar-refractivity contribution in [1.82, 2.24) is 0 Å². The molecule has 1 fully saturated rings. The normalized spacial score (nSPS) is 25.0. The minimum atomic E-state index is 0.884. The zero-order chi connectivity index (χ0) is 10.1. The fourth-order valence-electron chi connectivity index (χ4n) is 0.351. The highest BCUT2D eigenvalue weighted by molar-refractivity contribution is 7.18. The van der Waals surface area contributed by atoms with E-state index in [4.69, 9.17) is 0 Å². The van der Waals surface area contributed by atoms with Gasteiger partial charge < -0.3 is 0 Å². The average molecular weight is 190 g/mol. The largest absolute Gasteiger partial charge is 0.134 e. The monoisotopic (exact) mass is 190 g/mol. The van der Waals surface area contributed by atoms with Crippen LogP contribution in [0.15, 0.2) is 0 Å². The van der Waals surface area contributed by atoms with Crippen LogP contribution in [0.1, 0.15) is 54.4 Å². The Morgan fingerprint density at radius 1 is 1.33 bits per heavy atom. The maximum Gasteiger partial charge on any atom is -0.0236 e. The molecule has 0 nitrogen and oxygen atoms in total. The van der Waals surface area contributed by atoms with Gasteiger partial charge in [0.1, 0.15) is 0 Å². The predicted octanol–water partition coefficient (Wildman–Crippen LogP) is 4.35. The van der Waals surface area contributed by atoms with Crippen molar-refractivity contribution in [1.29, 1.82) is 0 Å². The van der Waals surface area contributed by atoms with Gasteiger partial charge in [-0.2, -0.15) is 0 Å². The summed E-state index contributed by atoms with van der Waals surface area (Å²) < 4.78 is 0. The van der Waals surface area contributed by atoms with Crippen LogP contribution in [0.3, 0.4) is 0 Å². The minimum Gasteiger partial charge on any atom is -0.134 e. The average Bonchev–Trinajstić information content (AvgIpc) is 2.70. The SMILES string of the molecule is CC.CC1CC1P.CCC(C)C. The molecule has 1 aliphatic carbocycles. The third-order valence-electron chi connectivity index (χ3n) is 1.99. The molecule has 1 heteroatoms. The van der Waals surface area contributed by atoms with Gasteiger partial charge in [-0.1, -0.05) is 48.0 Å². The maximum absolute atomic E-state index is 2.81. The summed E-state index contributed by atoms with van der Waals surface area (Å²) in [5.41, 5.74) is 0.968. The molecule has 3 unspecified atom stereocenters. The van der Waals surface area contributed by atoms with Crippen LogP contribution in [-0.2, 0) is 0 Å². The van der Waals surface area contributed by atoms with Gasteiger partial charge in [-0.25, -0.2) is 0 Å². The van der Waals surface area contributed by atoms with Gasteiger partial charge >= 0.3 is 0 Å². The minimum absolute atomic E-state index is 0.884. The smallest absolute Gasteiger partial charge is 0.0236 e. The van der Waals surface area contributed by atoms with Crippen molar-refractivity contribution in [3.63, 3.8) is 0 Å². The molecule has 0 amide bonds. The van der Waals surface area contributed by atoms with Crippen molar-refractivity contribution in [3.8, 4) is 0 Å². The van der Waals surface area contributed by atoms with Gasteiger partial charge in [0.15, 0.2) is 0 Å². The molecule has 1 aliphatic rings. The van der Waals surface area contributed by atoms with Crippen LogP contribution in [0.25, 0.3) is 0 Å². The van der Waals surface area contributed by atoms with E-state index in [9.17, 15) is 0 Å². The van der Waals surface area contributed by atoms with Crippen LogP contribution in [0.5, 0.6) is 0 Å². The topological polar surface area (TPSA) is 0 Å². The van der Waals surface area contributed by atoms with Crippen molar-refractivity contribution in [2.75, 3.05) is 0 Å². The van der Waals surface area contributed by atoms with Crippen LogP contribution in [-0.4, -0.2) is 5.66 Å². The lowest BCUT2D eigenvalue weighted by Crippen LogP contribution is -1.77. The Balaban J connectivity index is 0. The van der Waals surface area contributed by atoms with Crippen LogP contribution >= 0.6 is 9.24 Å². The number of hydrogen-bond acceptors (Lipinski definition) is 0. The van der Waals surface area contributed by atoms with Crippen LogP contribution < -0.4 is 0 Å². The van der Waals surface area contributed by atoms with Crippen LogP contribution in [0.4, 0.5) is 0 Å². The second-order valence-electron chi connectivity index (χ2n) is 3.68. The van der Waals surface area contributed by atoms with Crippen molar-refractivity contribution in [2.24, 2.45) is 11.8 Å². The first-order valence-electron chi connectivity index (χ1n) is 5.33. The van der Waals surface area contributed by atoms with E-state index in [0.29, 0.717) is 0 Å². The van der Waals surface area contributed by atoms with E-state index in [1.165, 1.54) is 12.8 Å². The Kier molecular flexibility index (Phi) is 11.8. The second kappa shape index (κ2) is 9.52. The first-order valence-corrected chi connectivity index (χ1v) is 6.00. The van der Waals surface area contributed by atoms with E-state index in [-0.39, 0.29) is 0 Å². The Morgan fingerprint density at radius 2 is 1.50 bits per heavy atom. The van der Waals surface area contributed by atoms with E-state index in [2.05, 4.69) is 36.9 Å². The molecular weight excluding hydrogens is 163 g/mol. The number of hydrogen-bond donors (Lipinski definition) is 0. The zero-order valence-corrected chi connectivity index (χ0v) is 10.9. The molecule has 12 heavy (non-hydrogen) atoms. The first-order chi connectivity index (χ1) is 5.57. The van der Waals surface area contributed by atoms with E-state index >= 15 is 0 Å². The van der Waals surface area contributed by atoms with E-state index in [0.717, 1.165) is 17.5 Å². The molecule has 76 valence electrons. The summed E-state index contributed by atoms with van der Waals surface area (Å²) in [4.78, 5) is 0. The van der Waals surface area contributed by atoms with Gasteiger partial charge in [-0.05, 0) is 23.9 Å². The van der Waals surface area contributed by atoms with Crippen molar-refractivity contribution >= 4 is 9.24 Å². The molecular formula is C11H27P. The quantitative estimate of drug-likeness (QED) is 0.539. The summed E-state index contributed by atoms with van der Waals surface area (Å²) >= 11 is 0. The van der Waals surface area contributed by atoms with E-state index in [1.807, 2.05) is 13.8 Å². The summed E-state index contributed by atoms with van der Waals surface area (Å²) in [5, 5.41) is 0. The predicted molar refractivity (Wildman–Crippen MR) is 63.8 cm³/mol. The van der Waals surface area contributed by atoms with Crippen molar-refractivity contribution in [2.45, 2.75) is 60.0 Å². The highest BCUT2D eigenvalue weighted by Gasteiger charge is 2.26. The van der Waals surface area contributed by atoms with Gasteiger partial charge in [0.25, 0.3) is 0 Å². The molecule has 0 aromatic carbocycles. The Bertz CT molecular complexity index is 69.1. The molecule has 0 spiro atoms. The fourth-order valence-corrected chi connectivity index (χ4v) is 0.780. The highest BCUT2D eigenvalue weighted by atomic mass is 31.0.